The number of hydrogen-bond donors (Lipinski definition) is 1. The highest BCUT2D eigenvalue weighted by Gasteiger charge is 2.00. The maximum Gasteiger partial charge on any atom is 0.0992 e. The molecule has 0 aliphatic carbocycles. The van der Waals surface area contributed by atoms with Gasteiger partial charge in [-0.05, 0) is 40.5 Å². The van der Waals surface area contributed by atoms with E-state index in [1.54, 1.807) is 0 Å². The molecule has 1 aromatic rings. The quantitative estimate of drug-likeness (QED) is 0.740. The van der Waals surface area contributed by atoms with Gasteiger partial charge in [0.15, 0.2) is 0 Å². The van der Waals surface area contributed by atoms with Crippen molar-refractivity contribution >= 4 is 21.6 Å². The minimum absolute atomic E-state index is 0.686. The van der Waals surface area contributed by atoms with Gasteiger partial charge in [-0.15, -0.1) is 0 Å². The zero-order valence-electron chi connectivity index (χ0n) is 10.3. The molecule has 0 aromatic heterocycles. The molecule has 0 aliphatic heterocycles. The maximum atomic E-state index is 8.76. The second-order valence-corrected chi connectivity index (χ2v) is 5.00. The van der Waals surface area contributed by atoms with Crippen LogP contribution in [0.5, 0.6) is 0 Å². The molecule has 1 N–H and O–H groups in total. The number of benzene rings is 1. The summed E-state index contributed by atoms with van der Waals surface area (Å²) in [5.41, 5.74) is 1.75. The van der Waals surface area contributed by atoms with Crippen LogP contribution >= 0.6 is 15.9 Å². The maximum absolute atomic E-state index is 8.76. The molecular weight excluding hydrogens is 276 g/mol. The van der Waals surface area contributed by atoms with Crippen molar-refractivity contribution in [2.75, 3.05) is 11.9 Å². The third-order valence-corrected chi connectivity index (χ3v) is 3.35. The number of nitrogens with zero attached hydrogens (tertiary/aromatic N) is 1. The Hall–Kier alpha value is -1.01. The Balaban J connectivity index is 2.30. The van der Waals surface area contributed by atoms with Crippen LogP contribution in [0, 0.1) is 11.3 Å². The average molecular weight is 295 g/mol. The van der Waals surface area contributed by atoms with E-state index in [1.807, 2.05) is 18.2 Å². The lowest BCUT2D eigenvalue weighted by atomic mass is 10.1. The first kappa shape index (κ1) is 14.1. The fourth-order valence-corrected chi connectivity index (χ4v) is 2.20. The molecule has 1 rings (SSSR count). The molecule has 1 aromatic carbocycles. The Bertz CT molecular complexity index is 382. The minimum Gasteiger partial charge on any atom is -0.384 e. The Morgan fingerprint density at radius 1 is 1.24 bits per heavy atom. The lowest BCUT2D eigenvalue weighted by Gasteiger charge is -2.08. The van der Waals surface area contributed by atoms with Crippen molar-refractivity contribution in [3.8, 4) is 6.07 Å². The molecule has 0 saturated heterocycles. The van der Waals surface area contributed by atoms with Crippen molar-refractivity contribution < 1.29 is 0 Å². The first-order chi connectivity index (χ1) is 8.27. The second-order valence-electron chi connectivity index (χ2n) is 4.15. The summed E-state index contributed by atoms with van der Waals surface area (Å²) in [5.74, 6) is 0. The predicted octanol–water partition coefficient (Wildman–Crippen LogP) is 4.70. The smallest absolute Gasteiger partial charge is 0.0992 e. The van der Waals surface area contributed by atoms with Gasteiger partial charge in [-0.3, -0.25) is 0 Å². The molecule has 0 amide bonds. The van der Waals surface area contributed by atoms with Crippen LogP contribution < -0.4 is 5.32 Å². The molecule has 0 bridgehead atoms. The third-order valence-electron chi connectivity index (χ3n) is 2.69. The molecule has 0 unspecified atom stereocenters. The summed E-state index contributed by atoms with van der Waals surface area (Å²) in [6, 6.07) is 7.76. The molecule has 92 valence electrons. The van der Waals surface area contributed by atoms with E-state index in [4.69, 9.17) is 5.26 Å². The SMILES string of the molecule is CCCCCCCNc1ccc(C#N)cc1Br. The van der Waals surface area contributed by atoms with Crippen LogP contribution in [0.1, 0.15) is 44.6 Å². The van der Waals surface area contributed by atoms with Crippen molar-refractivity contribution in [2.24, 2.45) is 0 Å². The lowest BCUT2D eigenvalue weighted by molar-refractivity contribution is 0.645. The van der Waals surface area contributed by atoms with E-state index in [0.29, 0.717) is 5.56 Å². The fourth-order valence-electron chi connectivity index (χ4n) is 1.68. The molecular formula is C14H19BrN2. The number of anilines is 1. The molecule has 3 heteroatoms. The second kappa shape index (κ2) is 8.14. The summed E-state index contributed by atoms with van der Waals surface area (Å²) in [6.45, 7) is 3.22. The highest BCUT2D eigenvalue weighted by molar-refractivity contribution is 9.10. The molecule has 0 fully saturated rings. The zero-order valence-corrected chi connectivity index (χ0v) is 11.9. The van der Waals surface area contributed by atoms with Gasteiger partial charge in [-0.25, -0.2) is 0 Å². The van der Waals surface area contributed by atoms with Crippen LogP contribution in [0.3, 0.4) is 0 Å². The van der Waals surface area contributed by atoms with Crippen LogP contribution in [0.25, 0.3) is 0 Å². The van der Waals surface area contributed by atoms with Crippen molar-refractivity contribution in [3.63, 3.8) is 0 Å². The molecule has 0 atom stereocenters. The third kappa shape index (κ3) is 5.23. The van der Waals surface area contributed by atoms with Gasteiger partial charge in [0.25, 0.3) is 0 Å². The van der Waals surface area contributed by atoms with Gasteiger partial charge in [0.05, 0.1) is 11.6 Å². The highest BCUT2D eigenvalue weighted by Crippen LogP contribution is 2.23. The predicted molar refractivity (Wildman–Crippen MR) is 76.1 cm³/mol. The molecule has 0 aliphatic rings. The van der Waals surface area contributed by atoms with Gasteiger partial charge in [-0.1, -0.05) is 32.6 Å². The van der Waals surface area contributed by atoms with Crippen LogP contribution in [0.4, 0.5) is 5.69 Å². The van der Waals surface area contributed by atoms with Crippen LogP contribution in [0.2, 0.25) is 0 Å². The van der Waals surface area contributed by atoms with E-state index < -0.39 is 0 Å². The van der Waals surface area contributed by atoms with E-state index >= 15 is 0 Å². The zero-order chi connectivity index (χ0) is 12.5. The number of unbranched alkanes of at least 4 members (excludes halogenated alkanes) is 4. The molecule has 0 heterocycles. The van der Waals surface area contributed by atoms with E-state index in [-0.39, 0.29) is 0 Å². The Labute approximate surface area is 112 Å². The minimum atomic E-state index is 0.686. The number of halogens is 1. The molecule has 17 heavy (non-hydrogen) atoms. The Morgan fingerprint density at radius 3 is 2.65 bits per heavy atom. The van der Waals surface area contributed by atoms with Gasteiger partial charge in [-0.2, -0.15) is 5.26 Å². The van der Waals surface area contributed by atoms with E-state index in [1.165, 1.54) is 32.1 Å². The van der Waals surface area contributed by atoms with E-state index in [0.717, 1.165) is 16.7 Å². The summed E-state index contributed by atoms with van der Waals surface area (Å²) < 4.78 is 0.963. The number of hydrogen-bond acceptors (Lipinski definition) is 2. The number of nitriles is 1. The van der Waals surface area contributed by atoms with Crippen LogP contribution in [-0.4, -0.2) is 6.54 Å². The number of rotatable bonds is 7. The Kier molecular flexibility index (Phi) is 6.73. The van der Waals surface area contributed by atoms with Gasteiger partial charge in [0.2, 0.25) is 0 Å². The Morgan fingerprint density at radius 2 is 2.00 bits per heavy atom. The standard InChI is InChI=1S/C14H19BrN2/c1-2-3-4-5-6-9-17-14-8-7-12(11-16)10-13(14)15/h7-8,10,17H,2-6,9H2,1H3. The van der Waals surface area contributed by atoms with Crippen molar-refractivity contribution in [1.82, 2.24) is 0 Å². The van der Waals surface area contributed by atoms with Gasteiger partial charge in [0, 0.05) is 16.7 Å². The number of nitrogens with one attached hydrogen (secondary N) is 1. The first-order valence-electron chi connectivity index (χ1n) is 6.21. The largest absolute Gasteiger partial charge is 0.384 e. The molecule has 0 spiro atoms. The summed E-state index contributed by atoms with van der Waals surface area (Å²) in [4.78, 5) is 0. The summed E-state index contributed by atoms with van der Waals surface area (Å²) in [6.07, 6.45) is 6.43. The summed E-state index contributed by atoms with van der Waals surface area (Å²) >= 11 is 3.47. The normalized spacial score (nSPS) is 9.94. The molecule has 0 saturated carbocycles. The summed E-state index contributed by atoms with van der Waals surface area (Å²) in [5, 5.41) is 12.1. The van der Waals surface area contributed by atoms with E-state index in [2.05, 4.69) is 34.2 Å². The summed E-state index contributed by atoms with van der Waals surface area (Å²) in [7, 11) is 0. The van der Waals surface area contributed by atoms with Crippen LogP contribution in [0.15, 0.2) is 22.7 Å². The highest BCUT2D eigenvalue weighted by atomic mass is 79.9. The topological polar surface area (TPSA) is 35.8 Å². The van der Waals surface area contributed by atoms with Gasteiger partial charge in [0.1, 0.15) is 0 Å². The van der Waals surface area contributed by atoms with Crippen molar-refractivity contribution in [1.29, 1.82) is 5.26 Å². The molecule has 0 radical (unpaired) electrons. The fraction of sp³-hybridized carbons (Fsp3) is 0.500. The average Bonchev–Trinajstić information content (AvgIpc) is 2.35. The lowest BCUT2D eigenvalue weighted by Crippen LogP contribution is -2.02. The first-order valence-corrected chi connectivity index (χ1v) is 7.00. The van der Waals surface area contributed by atoms with Crippen molar-refractivity contribution in [2.45, 2.75) is 39.0 Å². The van der Waals surface area contributed by atoms with Gasteiger partial charge < -0.3 is 5.32 Å². The van der Waals surface area contributed by atoms with Crippen molar-refractivity contribution in [3.05, 3.63) is 28.2 Å². The van der Waals surface area contributed by atoms with E-state index in [9.17, 15) is 0 Å². The van der Waals surface area contributed by atoms with Gasteiger partial charge >= 0.3 is 0 Å². The van der Waals surface area contributed by atoms with Crippen LogP contribution in [-0.2, 0) is 0 Å². The molecule has 2 nitrogen and oxygen atoms in total. The monoisotopic (exact) mass is 294 g/mol.